The van der Waals surface area contributed by atoms with Gasteiger partial charge in [-0.2, -0.15) is 4.31 Å². The highest BCUT2D eigenvalue weighted by atomic mass is 32.2. The van der Waals surface area contributed by atoms with Crippen LogP contribution in [0.5, 0.6) is 11.5 Å². The highest BCUT2D eigenvalue weighted by molar-refractivity contribution is 7.89. The van der Waals surface area contributed by atoms with Crippen LogP contribution in [0.1, 0.15) is 20.3 Å². The fourth-order valence-electron chi connectivity index (χ4n) is 4.07. The van der Waals surface area contributed by atoms with Crippen molar-refractivity contribution in [2.75, 3.05) is 32.6 Å². The molecule has 1 N–H and O–H groups in total. The average Bonchev–Trinajstić information content (AvgIpc) is 3.57. The summed E-state index contributed by atoms with van der Waals surface area (Å²) in [6.07, 6.45) is 5.32. The summed E-state index contributed by atoms with van der Waals surface area (Å²) in [5.41, 5.74) is 2.98. The van der Waals surface area contributed by atoms with Crippen molar-refractivity contribution in [3.05, 3.63) is 60.9 Å². The van der Waals surface area contributed by atoms with Crippen LogP contribution in [0.3, 0.4) is 0 Å². The van der Waals surface area contributed by atoms with Gasteiger partial charge in [0, 0.05) is 42.8 Å². The Kier molecular flexibility index (Phi) is 6.95. The predicted molar refractivity (Wildman–Crippen MR) is 136 cm³/mol. The van der Waals surface area contributed by atoms with E-state index in [0.717, 1.165) is 24.1 Å². The van der Waals surface area contributed by atoms with Crippen molar-refractivity contribution in [1.82, 2.24) is 18.7 Å². The van der Waals surface area contributed by atoms with Gasteiger partial charge < -0.3 is 14.8 Å². The number of sulfonamides is 1. The zero-order chi connectivity index (χ0) is 23.7. The Morgan fingerprint density at radius 2 is 1.66 bits per heavy atom. The van der Waals surface area contributed by atoms with Gasteiger partial charge >= 0.3 is 0 Å². The highest BCUT2D eigenvalue weighted by Gasteiger charge is 2.27. The maximum Gasteiger partial charge on any atom is 0.243 e. The highest BCUT2D eigenvalue weighted by Crippen LogP contribution is 2.33. The van der Waals surface area contributed by atoms with E-state index in [1.54, 1.807) is 49.0 Å². The number of anilines is 2. The van der Waals surface area contributed by atoms with Crippen LogP contribution < -0.4 is 14.8 Å². The molecule has 1 aliphatic heterocycles. The number of nitrogens with one attached hydrogen (secondary N) is 1. The van der Waals surface area contributed by atoms with Crippen LogP contribution in [0.25, 0.3) is 16.9 Å². The van der Waals surface area contributed by atoms with Crippen LogP contribution >= 0.6 is 0 Å². The zero-order valence-corrected chi connectivity index (χ0v) is 19.7. The summed E-state index contributed by atoms with van der Waals surface area (Å²) < 4.78 is 39.7. The minimum Gasteiger partial charge on any atom is -0.493 e. The van der Waals surface area contributed by atoms with Crippen LogP contribution in [0.4, 0.5) is 11.6 Å². The second-order valence-electron chi connectivity index (χ2n) is 7.95. The third-order valence-electron chi connectivity index (χ3n) is 5.88. The summed E-state index contributed by atoms with van der Waals surface area (Å²) in [6, 6.07) is 14.2. The van der Waals surface area contributed by atoms with E-state index in [9.17, 15) is 8.42 Å². The molecule has 10 heteroatoms. The van der Waals surface area contributed by atoms with E-state index in [2.05, 4.69) is 10.3 Å². The lowest BCUT2D eigenvalue weighted by Gasteiger charge is -2.16. The molecular formula is C25H29N5O4S. The van der Waals surface area contributed by atoms with E-state index in [1.807, 2.05) is 34.9 Å². The van der Waals surface area contributed by atoms with Gasteiger partial charge in [0.25, 0.3) is 0 Å². The summed E-state index contributed by atoms with van der Waals surface area (Å²) in [4.78, 5) is 9.50. The second kappa shape index (κ2) is 9.93. The number of benzene rings is 2. The third-order valence-corrected chi connectivity index (χ3v) is 7.80. The number of hydrogen-bond acceptors (Lipinski definition) is 7. The molecule has 0 saturated carbocycles. The summed E-state index contributed by atoms with van der Waals surface area (Å²) in [5.74, 6) is 1.79. The fourth-order valence-corrected chi connectivity index (χ4v) is 5.59. The Morgan fingerprint density at radius 3 is 2.34 bits per heavy atom. The van der Waals surface area contributed by atoms with E-state index in [1.165, 1.54) is 0 Å². The van der Waals surface area contributed by atoms with Crippen LogP contribution in [-0.4, -0.2) is 54.4 Å². The van der Waals surface area contributed by atoms with Crippen molar-refractivity contribution < 1.29 is 17.9 Å². The van der Waals surface area contributed by atoms with E-state index in [0.29, 0.717) is 46.8 Å². The van der Waals surface area contributed by atoms with Crippen molar-refractivity contribution >= 4 is 27.3 Å². The molecule has 1 saturated heterocycles. The Labute approximate surface area is 205 Å². The first-order chi connectivity index (χ1) is 16.5. The molecule has 0 radical (unpaired) electrons. The number of imidazole rings is 1. The number of hydrogen-bond donors (Lipinski definition) is 1. The number of ether oxygens (including phenoxy) is 2. The molecule has 5 rings (SSSR count). The minimum atomic E-state index is -3.46. The maximum absolute atomic E-state index is 12.8. The number of rotatable bonds is 7. The molecule has 9 nitrogen and oxygen atoms in total. The number of methoxy groups -OCH3 is 2. The molecule has 0 aliphatic carbocycles. The van der Waals surface area contributed by atoms with Crippen LogP contribution in [0, 0.1) is 0 Å². The van der Waals surface area contributed by atoms with Crippen molar-refractivity contribution in [3.8, 4) is 22.8 Å². The van der Waals surface area contributed by atoms with Gasteiger partial charge in [0.15, 0.2) is 11.5 Å². The van der Waals surface area contributed by atoms with Gasteiger partial charge in [-0.1, -0.05) is 7.43 Å². The molecule has 184 valence electrons. The zero-order valence-electron chi connectivity index (χ0n) is 18.9. The topological polar surface area (TPSA) is 98.1 Å². The molecule has 0 amide bonds. The average molecular weight is 496 g/mol. The maximum atomic E-state index is 12.8. The van der Waals surface area contributed by atoms with Crippen LogP contribution in [0.15, 0.2) is 65.8 Å². The first-order valence-corrected chi connectivity index (χ1v) is 12.4. The molecule has 1 fully saturated rings. The van der Waals surface area contributed by atoms with Gasteiger partial charge in [-0.25, -0.2) is 18.4 Å². The van der Waals surface area contributed by atoms with Gasteiger partial charge in [0.05, 0.1) is 24.8 Å². The van der Waals surface area contributed by atoms with Gasteiger partial charge in [-0.15, -0.1) is 0 Å². The van der Waals surface area contributed by atoms with Crippen molar-refractivity contribution in [1.29, 1.82) is 0 Å². The Bertz CT molecular complexity index is 1430. The largest absolute Gasteiger partial charge is 0.493 e. The van der Waals surface area contributed by atoms with Crippen LogP contribution in [0.2, 0.25) is 0 Å². The van der Waals surface area contributed by atoms with Crippen molar-refractivity contribution in [2.24, 2.45) is 0 Å². The van der Waals surface area contributed by atoms with E-state index in [-0.39, 0.29) is 7.43 Å². The molecule has 1 aliphatic rings. The quantitative estimate of drug-likeness (QED) is 0.401. The minimum absolute atomic E-state index is 0. The van der Waals surface area contributed by atoms with E-state index < -0.39 is 10.0 Å². The second-order valence-corrected chi connectivity index (χ2v) is 9.89. The number of nitrogens with zero attached hydrogens (tertiary/aromatic N) is 4. The fraction of sp³-hybridized carbons (Fsp3) is 0.280. The molecule has 2 aromatic heterocycles. The van der Waals surface area contributed by atoms with Crippen LogP contribution in [-0.2, 0) is 10.0 Å². The third kappa shape index (κ3) is 4.67. The van der Waals surface area contributed by atoms with Gasteiger partial charge in [0.1, 0.15) is 5.65 Å². The molecule has 0 spiro atoms. The molecule has 0 unspecified atom stereocenters. The lowest BCUT2D eigenvalue weighted by Crippen LogP contribution is -2.27. The van der Waals surface area contributed by atoms with Crippen molar-refractivity contribution in [3.63, 3.8) is 0 Å². The number of aromatic nitrogens is 3. The summed E-state index contributed by atoms with van der Waals surface area (Å²) in [6.45, 7) is 1.15. The SMILES string of the molecule is C.COc1ccc(-c2cc3nccn3c(Nc3ccc(S(=O)(=O)N4CCCC4)cc3)n2)cc1OC. The lowest BCUT2D eigenvalue weighted by molar-refractivity contribution is 0.355. The molecule has 0 bridgehead atoms. The van der Waals surface area contributed by atoms with Gasteiger partial charge in [0.2, 0.25) is 16.0 Å². The van der Waals surface area contributed by atoms with Crippen molar-refractivity contribution in [2.45, 2.75) is 25.2 Å². The Hall–Kier alpha value is -3.63. The Balaban J connectivity index is 0.00000289. The molecule has 3 heterocycles. The normalized spacial score (nSPS) is 14.0. The molecule has 4 aromatic rings. The summed E-state index contributed by atoms with van der Waals surface area (Å²) >= 11 is 0. The molecule has 35 heavy (non-hydrogen) atoms. The molecular weight excluding hydrogens is 466 g/mol. The summed E-state index contributed by atoms with van der Waals surface area (Å²) in [7, 11) is -0.273. The first kappa shape index (κ1) is 24.5. The molecule has 0 atom stereocenters. The lowest BCUT2D eigenvalue weighted by atomic mass is 10.1. The van der Waals surface area contributed by atoms with Gasteiger partial charge in [-0.3, -0.25) is 4.40 Å². The number of fused-ring (bicyclic) bond motifs is 1. The van der Waals surface area contributed by atoms with Gasteiger partial charge in [-0.05, 0) is 55.3 Å². The summed E-state index contributed by atoms with van der Waals surface area (Å²) in [5, 5.41) is 3.29. The van der Waals surface area contributed by atoms with E-state index >= 15 is 0 Å². The predicted octanol–water partition coefficient (Wildman–Crippen LogP) is 4.58. The van der Waals surface area contributed by atoms with E-state index in [4.69, 9.17) is 14.5 Å². The first-order valence-electron chi connectivity index (χ1n) is 10.9. The monoisotopic (exact) mass is 495 g/mol. The standard InChI is InChI=1S/C24H25N5O4S.CH4/c1-32-21-10-5-17(15-22(21)33-2)20-16-23-25-11-14-29(23)24(27-20)26-18-6-8-19(9-7-18)34(30,31)28-12-3-4-13-28;/h5-11,14-16H,3-4,12-13H2,1-2H3,(H,26,27);1H4. The molecule has 2 aromatic carbocycles. The Morgan fingerprint density at radius 1 is 0.943 bits per heavy atom. The smallest absolute Gasteiger partial charge is 0.243 e.